The van der Waals surface area contributed by atoms with E-state index >= 15 is 0 Å². The summed E-state index contributed by atoms with van der Waals surface area (Å²) in [6, 6.07) is 10.0. The number of halogens is 4. The summed E-state index contributed by atoms with van der Waals surface area (Å²) in [5, 5.41) is 0.845. The van der Waals surface area contributed by atoms with Crippen molar-refractivity contribution in [1.82, 2.24) is 0 Å². The summed E-state index contributed by atoms with van der Waals surface area (Å²) in [6.45, 7) is 0. The minimum atomic E-state index is -0.498. The minimum Gasteiger partial charge on any atom is -0.456 e. The highest BCUT2D eigenvalue weighted by atomic mass is 79.9. The molecule has 94 valence electrons. The Balaban J connectivity index is 2.25. The smallest absolute Gasteiger partial charge is 0.145 e. The molecule has 2 aromatic carbocycles. The molecule has 1 nitrogen and oxygen atoms in total. The van der Waals surface area contributed by atoms with Crippen molar-refractivity contribution in [3.8, 4) is 11.5 Å². The normalized spacial score (nSPS) is 10.4. The first-order valence-corrected chi connectivity index (χ1v) is 7.36. The van der Waals surface area contributed by atoms with Gasteiger partial charge in [-0.25, -0.2) is 4.39 Å². The minimum absolute atomic E-state index is 0.0797. The molecule has 0 N–H and O–H groups in total. The summed E-state index contributed by atoms with van der Waals surface area (Å²) in [5.74, 6) is 0.535. The molecule has 0 fully saturated rings. The van der Waals surface area contributed by atoms with Gasteiger partial charge in [-0.15, -0.1) is 0 Å². The third-order valence-corrected chi connectivity index (χ3v) is 3.84. The summed E-state index contributed by atoms with van der Waals surface area (Å²) >= 11 is 12.4. The zero-order chi connectivity index (χ0) is 13.1. The Labute approximate surface area is 126 Å². The molecular weight excluding hydrogens is 386 g/mol. The van der Waals surface area contributed by atoms with Crippen molar-refractivity contribution in [3.63, 3.8) is 0 Å². The number of alkyl halides is 1. The van der Waals surface area contributed by atoms with Crippen molar-refractivity contribution in [1.29, 1.82) is 0 Å². The Morgan fingerprint density at radius 1 is 1.17 bits per heavy atom. The Morgan fingerprint density at radius 3 is 2.56 bits per heavy atom. The van der Waals surface area contributed by atoms with Crippen LogP contribution in [0.3, 0.4) is 0 Å². The van der Waals surface area contributed by atoms with Crippen molar-refractivity contribution in [2.24, 2.45) is 0 Å². The van der Waals surface area contributed by atoms with Crippen LogP contribution < -0.4 is 4.74 Å². The maximum absolute atomic E-state index is 13.3. The fourth-order valence-electron chi connectivity index (χ4n) is 1.38. The average molecular weight is 394 g/mol. The zero-order valence-electron chi connectivity index (χ0n) is 9.09. The molecule has 0 radical (unpaired) electrons. The second-order valence-electron chi connectivity index (χ2n) is 3.58. The largest absolute Gasteiger partial charge is 0.456 e. The van der Waals surface area contributed by atoms with Gasteiger partial charge in [-0.1, -0.05) is 33.6 Å². The van der Waals surface area contributed by atoms with Gasteiger partial charge in [0.15, 0.2) is 0 Å². The van der Waals surface area contributed by atoms with E-state index in [-0.39, 0.29) is 5.02 Å². The number of hydrogen-bond donors (Lipinski definition) is 0. The third-order valence-electron chi connectivity index (χ3n) is 2.27. The van der Waals surface area contributed by atoms with E-state index in [2.05, 4.69) is 31.9 Å². The molecule has 0 aromatic heterocycles. The highest BCUT2D eigenvalue weighted by molar-refractivity contribution is 9.10. The molecule has 5 heteroatoms. The number of rotatable bonds is 3. The van der Waals surface area contributed by atoms with Gasteiger partial charge in [0.25, 0.3) is 0 Å². The molecule has 0 amide bonds. The Bertz CT molecular complexity index is 575. The first-order valence-electron chi connectivity index (χ1n) is 5.07. The SMILES string of the molecule is Fc1cc(Oc2ccc(CBr)cc2Br)ccc1Cl. The van der Waals surface area contributed by atoms with Crippen LogP contribution in [0.15, 0.2) is 40.9 Å². The highest BCUT2D eigenvalue weighted by Crippen LogP contribution is 2.32. The van der Waals surface area contributed by atoms with Gasteiger partial charge in [0.05, 0.1) is 9.50 Å². The van der Waals surface area contributed by atoms with Crippen molar-refractivity contribution in [3.05, 3.63) is 57.3 Å². The monoisotopic (exact) mass is 392 g/mol. The molecule has 2 rings (SSSR count). The van der Waals surface area contributed by atoms with Crippen LogP contribution in [0.25, 0.3) is 0 Å². The molecule has 0 saturated carbocycles. The van der Waals surface area contributed by atoms with Gasteiger partial charge in [-0.2, -0.15) is 0 Å². The van der Waals surface area contributed by atoms with Gasteiger partial charge in [0.1, 0.15) is 17.3 Å². The molecule has 0 aliphatic carbocycles. The fraction of sp³-hybridized carbons (Fsp3) is 0.0769. The quantitative estimate of drug-likeness (QED) is 0.587. The Morgan fingerprint density at radius 2 is 1.94 bits per heavy atom. The standard InChI is InChI=1S/C13H8Br2ClFO/c14-7-8-1-4-13(10(15)5-8)18-9-2-3-11(16)12(17)6-9/h1-6H,7H2. The summed E-state index contributed by atoms with van der Waals surface area (Å²) < 4.78 is 19.7. The van der Waals surface area contributed by atoms with Crippen LogP contribution >= 0.6 is 43.5 Å². The van der Waals surface area contributed by atoms with E-state index in [1.807, 2.05) is 18.2 Å². The molecule has 0 heterocycles. The summed E-state index contributed by atoms with van der Waals surface area (Å²) in [4.78, 5) is 0. The van der Waals surface area contributed by atoms with Crippen LogP contribution in [0.5, 0.6) is 11.5 Å². The molecule has 0 spiro atoms. The van der Waals surface area contributed by atoms with E-state index in [0.29, 0.717) is 11.5 Å². The lowest BCUT2D eigenvalue weighted by Crippen LogP contribution is -1.88. The Hall–Kier alpha value is -0.580. The summed E-state index contributed by atoms with van der Waals surface area (Å²) in [5.41, 5.74) is 1.12. The van der Waals surface area contributed by atoms with Crippen LogP contribution in [0.2, 0.25) is 5.02 Å². The average Bonchev–Trinajstić information content (AvgIpc) is 2.36. The fourth-order valence-corrected chi connectivity index (χ4v) is 2.35. The van der Waals surface area contributed by atoms with Crippen molar-refractivity contribution in [2.75, 3.05) is 0 Å². The lowest BCUT2D eigenvalue weighted by atomic mass is 10.2. The third kappa shape index (κ3) is 3.25. The van der Waals surface area contributed by atoms with E-state index in [4.69, 9.17) is 16.3 Å². The first kappa shape index (κ1) is 13.8. The van der Waals surface area contributed by atoms with Crippen LogP contribution in [0.4, 0.5) is 4.39 Å². The van der Waals surface area contributed by atoms with Crippen molar-refractivity contribution < 1.29 is 9.13 Å². The van der Waals surface area contributed by atoms with Gasteiger partial charge in [0, 0.05) is 11.4 Å². The van der Waals surface area contributed by atoms with Gasteiger partial charge in [-0.3, -0.25) is 0 Å². The second kappa shape index (κ2) is 6.04. The molecule has 0 aliphatic rings. The van der Waals surface area contributed by atoms with Crippen molar-refractivity contribution >= 4 is 43.5 Å². The van der Waals surface area contributed by atoms with Gasteiger partial charge >= 0.3 is 0 Å². The van der Waals surface area contributed by atoms with Gasteiger partial charge in [-0.05, 0) is 45.8 Å². The lowest BCUT2D eigenvalue weighted by Gasteiger charge is -2.09. The van der Waals surface area contributed by atoms with Crippen LogP contribution in [-0.4, -0.2) is 0 Å². The molecule has 0 bridgehead atoms. The van der Waals surface area contributed by atoms with Crippen molar-refractivity contribution in [2.45, 2.75) is 5.33 Å². The molecule has 18 heavy (non-hydrogen) atoms. The topological polar surface area (TPSA) is 9.23 Å². The van der Waals surface area contributed by atoms with Crippen LogP contribution in [0.1, 0.15) is 5.56 Å². The molecule has 0 atom stereocenters. The van der Waals surface area contributed by atoms with E-state index in [1.54, 1.807) is 6.07 Å². The van der Waals surface area contributed by atoms with Crippen LogP contribution in [0, 0.1) is 5.82 Å². The van der Waals surface area contributed by atoms with E-state index in [1.165, 1.54) is 12.1 Å². The van der Waals surface area contributed by atoms with E-state index in [9.17, 15) is 4.39 Å². The molecule has 0 saturated heterocycles. The molecule has 0 unspecified atom stereocenters. The molecule has 0 aliphatic heterocycles. The Kier molecular flexibility index (Phi) is 4.65. The predicted octanol–water partition coefficient (Wildman–Crippen LogP) is 5.93. The number of ether oxygens (including phenoxy) is 1. The number of benzene rings is 2. The first-order chi connectivity index (χ1) is 8.60. The predicted molar refractivity (Wildman–Crippen MR) is 78.3 cm³/mol. The van der Waals surface area contributed by atoms with Crippen LogP contribution in [-0.2, 0) is 5.33 Å². The van der Waals surface area contributed by atoms with Gasteiger partial charge in [0.2, 0.25) is 0 Å². The van der Waals surface area contributed by atoms with E-state index in [0.717, 1.165) is 15.4 Å². The molecular formula is C13H8Br2ClFO. The zero-order valence-corrected chi connectivity index (χ0v) is 13.0. The summed E-state index contributed by atoms with van der Waals surface area (Å²) in [7, 11) is 0. The maximum Gasteiger partial charge on any atom is 0.145 e. The second-order valence-corrected chi connectivity index (χ2v) is 5.40. The van der Waals surface area contributed by atoms with E-state index < -0.39 is 5.82 Å². The summed E-state index contributed by atoms with van der Waals surface area (Å²) in [6.07, 6.45) is 0. The molecule has 2 aromatic rings. The maximum atomic E-state index is 13.3. The van der Waals surface area contributed by atoms with Gasteiger partial charge < -0.3 is 4.74 Å². The lowest BCUT2D eigenvalue weighted by molar-refractivity contribution is 0.474. The number of hydrogen-bond acceptors (Lipinski definition) is 1. The highest BCUT2D eigenvalue weighted by Gasteiger charge is 2.06.